The molecule has 2 aromatic carbocycles. The standard InChI is InChI=1S/C14H10BrClFNO/c1-8-3-2-4-12(13(8)15)18-14(19)9-5-6-10(16)11(17)7-9/h2-7H,1H3,(H,18,19). The molecule has 2 rings (SSSR count). The molecule has 0 fully saturated rings. The molecule has 0 radical (unpaired) electrons. The first kappa shape index (κ1) is 14.0. The minimum absolute atomic E-state index is 0.00622. The number of hydrogen-bond acceptors (Lipinski definition) is 1. The van der Waals surface area contributed by atoms with Crippen molar-refractivity contribution >= 4 is 39.1 Å². The Balaban J connectivity index is 2.26. The van der Waals surface area contributed by atoms with Gasteiger partial charge in [0.25, 0.3) is 5.91 Å². The largest absolute Gasteiger partial charge is 0.321 e. The molecule has 0 unspecified atom stereocenters. The molecule has 0 atom stereocenters. The normalized spacial score (nSPS) is 10.3. The first-order valence-electron chi connectivity index (χ1n) is 5.50. The number of anilines is 1. The van der Waals surface area contributed by atoms with E-state index in [4.69, 9.17) is 11.6 Å². The van der Waals surface area contributed by atoms with Crippen LogP contribution >= 0.6 is 27.5 Å². The molecule has 2 nitrogen and oxygen atoms in total. The van der Waals surface area contributed by atoms with Crippen molar-refractivity contribution in [2.24, 2.45) is 0 Å². The summed E-state index contributed by atoms with van der Waals surface area (Å²) in [5.74, 6) is -1.00. The Kier molecular flexibility index (Phi) is 4.22. The molecule has 19 heavy (non-hydrogen) atoms. The Hall–Kier alpha value is -1.39. The van der Waals surface area contributed by atoms with Crippen LogP contribution < -0.4 is 5.32 Å². The number of carbonyl (C=O) groups is 1. The van der Waals surface area contributed by atoms with Gasteiger partial charge < -0.3 is 5.32 Å². The zero-order chi connectivity index (χ0) is 14.0. The van der Waals surface area contributed by atoms with Crippen LogP contribution in [0, 0.1) is 12.7 Å². The monoisotopic (exact) mass is 341 g/mol. The van der Waals surface area contributed by atoms with E-state index in [2.05, 4.69) is 21.2 Å². The molecule has 1 amide bonds. The highest BCUT2D eigenvalue weighted by Crippen LogP contribution is 2.26. The quantitative estimate of drug-likeness (QED) is 0.834. The van der Waals surface area contributed by atoms with E-state index < -0.39 is 5.82 Å². The maximum Gasteiger partial charge on any atom is 0.255 e. The molecule has 0 saturated carbocycles. The van der Waals surface area contributed by atoms with E-state index in [1.807, 2.05) is 19.1 Å². The van der Waals surface area contributed by atoms with Gasteiger partial charge in [-0.2, -0.15) is 0 Å². The van der Waals surface area contributed by atoms with E-state index in [1.54, 1.807) is 6.07 Å². The Labute approximate surface area is 123 Å². The number of benzene rings is 2. The summed E-state index contributed by atoms with van der Waals surface area (Å²) in [6.45, 7) is 1.92. The first-order valence-corrected chi connectivity index (χ1v) is 6.67. The van der Waals surface area contributed by atoms with Gasteiger partial charge in [0.1, 0.15) is 5.82 Å². The van der Waals surface area contributed by atoms with Gasteiger partial charge in [0.2, 0.25) is 0 Å². The Bertz CT molecular complexity index is 645. The van der Waals surface area contributed by atoms with E-state index in [1.165, 1.54) is 12.1 Å². The molecule has 0 bridgehead atoms. The minimum Gasteiger partial charge on any atom is -0.321 e. The second-order valence-electron chi connectivity index (χ2n) is 4.02. The zero-order valence-electron chi connectivity index (χ0n) is 10.0. The number of halogens is 3. The Morgan fingerprint density at radius 2 is 2.05 bits per heavy atom. The van der Waals surface area contributed by atoms with E-state index in [0.29, 0.717) is 5.69 Å². The number of amides is 1. The van der Waals surface area contributed by atoms with Crippen molar-refractivity contribution in [2.45, 2.75) is 6.92 Å². The van der Waals surface area contributed by atoms with Crippen LogP contribution in [0.1, 0.15) is 15.9 Å². The molecule has 2 aromatic rings. The van der Waals surface area contributed by atoms with Gasteiger partial charge in [-0.3, -0.25) is 4.79 Å². The fourth-order valence-corrected chi connectivity index (χ4v) is 2.06. The summed E-state index contributed by atoms with van der Waals surface area (Å²) in [5, 5.41) is 2.71. The summed E-state index contributed by atoms with van der Waals surface area (Å²) in [6.07, 6.45) is 0. The molecule has 5 heteroatoms. The molecule has 0 saturated heterocycles. The molecule has 0 heterocycles. The highest BCUT2D eigenvalue weighted by atomic mass is 79.9. The summed E-state index contributed by atoms with van der Waals surface area (Å²) in [7, 11) is 0. The van der Waals surface area contributed by atoms with Gasteiger partial charge in [0, 0.05) is 10.0 Å². The second-order valence-corrected chi connectivity index (χ2v) is 5.22. The lowest BCUT2D eigenvalue weighted by atomic mass is 10.2. The summed E-state index contributed by atoms with van der Waals surface area (Å²) >= 11 is 8.97. The van der Waals surface area contributed by atoms with Crippen molar-refractivity contribution in [1.82, 2.24) is 0 Å². The van der Waals surface area contributed by atoms with Gasteiger partial charge in [-0.05, 0) is 52.7 Å². The summed E-state index contributed by atoms with van der Waals surface area (Å²) < 4.78 is 14.1. The van der Waals surface area contributed by atoms with E-state index in [-0.39, 0.29) is 16.5 Å². The topological polar surface area (TPSA) is 29.1 Å². The van der Waals surface area contributed by atoms with Crippen molar-refractivity contribution < 1.29 is 9.18 Å². The highest BCUT2D eigenvalue weighted by molar-refractivity contribution is 9.10. The van der Waals surface area contributed by atoms with Crippen molar-refractivity contribution in [1.29, 1.82) is 0 Å². The summed E-state index contributed by atoms with van der Waals surface area (Å²) in [5.41, 5.74) is 1.86. The summed E-state index contributed by atoms with van der Waals surface area (Å²) in [4.78, 5) is 12.0. The molecule has 0 aliphatic rings. The first-order chi connectivity index (χ1) is 8.99. The van der Waals surface area contributed by atoms with Gasteiger partial charge in [0.05, 0.1) is 10.7 Å². The lowest BCUT2D eigenvalue weighted by Gasteiger charge is -2.09. The van der Waals surface area contributed by atoms with Gasteiger partial charge in [-0.15, -0.1) is 0 Å². The van der Waals surface area contributed by atoms with Crippen LogP contribution in [-0.2, 0) is 0 Å². The van der Waals surface area contributed by atoms with E-state index >= 15 is 0 Å². The number of rotatable bonds is 2. The third kappa shape index (κ3) is 3.14. The Morgan fingerprint density at radius 3 is 2.74 bits per heavy atom. The molecule has 0 aromatic heterocycles. The van der Waals surface area contributed by atoms with Crippen LogP contribution in [-0.4, -0.2) is 5.91 Å². The van der Waals surface area contributed by atoms with Crippen LogP contribution in [0.15, 0.2) is 40.9 Å². The molecule has 0 aliphatic carbocycles. The molecule has 1 N–H and O–H groups in total. The SMILES string of the molecule is Cc1cccc(NC(=O)c2ccc(Cl)c(F)c2)c1Br. The maximum atomic E-state index is 13.3. The van der Waals surface area contributed by atoms with Gasteiger partial charge in [-0.25, -0.2) is 4.39 Å². The van der Waals surface area contributed by atoms with Gasteiger partial charge in [-0.1, -0.05) is 23.7 Å². The van der Waals surface area contributed by atoms with E-state index in [9.17, 15) is 9.18 Å². The third-order valence-corrected chi connectivity index (χ3v) is 3.98. The summed E-state index contributed by atoms with van der Waals surface area (Å²) in [6, 6.07) is 9.46. The van der Waals surface area contributed by atoms with Crippen molar-refractivity contribution in [3.8, 4) is 0 Å². The van der Waals surface area contributed by atoms with Crippen molar-refractivity contribution in [3.63, 3.8) is 0 Å². The maximum absolute atomic E-state index is 13.3. The lowest BCUT2D eigenvalue weighted by Crippen LogP contribution is -2.12. The number of hydrogen-bond donors (Lipinski definition) is 1. The fraction of sp³-hybridized carbons (Fsp3) is 0.0714. The molecule has 98 valence electrons. The van der Waals surface area contributed by atoms with Crippen molar-refractivity contribution in [2.75, 3.05) is 5.32 Å². The van der Waals surface area contributed by atoms with Crippen LogP contribution in [0.5, 0.6) is 0 Å². The predicted octanol–water partition coefficient (Wildman–Crippen LogP) is 4.80. The average Bonchev–Trinajstić information content (AvgIpc) is 2.38. The molecular formula is C14H10BrClFNO. The fourth-order valence-electron chi connectivity index (χ4n) is 1.58. The number of aryl methyl sites for hydroxylation is 1. The van der Waals surface area contributed by atoms with Crippen molar-refractivity contribution in [3.05, 3.63) is 62.8 Å². The molecule has 0 aliphatic heterocycles. The highest BCUT2D eigenvalue weighted by Gasteiger charge is 2.11. The van der Waals surface area contributed by atoms with Gasteiger partial charge >= 0.3 is 0 Å². The Morgan fingerprint density at radius 1 is 1.32 bits per heavy atom. The van der Waals surface area contributed by atoms with Crippen LogP contribution in [0.3, 0.4) is 0 Å². The lowest BCUT2D eigenvalue weighted by molar-refractivity contribution is 0.102. The average molecular weight is 343 g/mol. The van der Waals surface area contributed by atoms with Crippen LogP contribution in [0.2, 0.25) is 5.02 Å². The predicted molar refractivity (Wildman–Crippen MR) is 78.2 cm³/mol. The van der Waals surface area contributed by atoms with Crippen LogP contribution in [0.25, 0.3) is 0 Å². The zero-order valence-corrected chi connectivity index (χ0v) is 12.3. The smallest absolute Gasteiger partial charge is 0.255 e. The number of nitrogens with one attached hydrogen (secondary N) is 1. The molecular weight excluding hydrogens is 333 g/mol. The number of carbonyl (C=O) groups excluding carboxylic acids is 1. The minimum atomic E-state index is -0.613. The van der Waals surface area contributed by atoms with E-state index in [0.717, 1.165) is 16.1 Å². The third-order valence-electron chi connectivity index (χ3n) is 2.62. The van der Waals surface area contributed by atoms with Crippen LogP contribution in [0.4, 0.5) is 10.1 Å². The second kappa shape index (κ2) is 5.72. The van der Waals surface area contributed by atoms with Gasteiger partial charge in [0.15, 0.2) is 0 Å². The molecule has 0 spiro atoms.